The highest BCUT2D eigenvalue weighted by molar-refractivity contribution is 7.47. The lowest BCUT2D eigenvalue weighted by atomic mass is 10.0. The number of phosphoric ester groups is 1. The van der Waals surface area contributed by atoms with Crippen LogP contribution in [0.4, 0.5) is 0 Å². The molecule has 0 fully saturated rings. The zero-order valence-corrected chi connectivity index (χ0v) is 37.4. The van der Waals surface area contributed by atoms with Crippen LogP contribution < -0.4 is 0 Å². The lowest BCUT2D eigenvalue weighted by Gasteiger charge is -2.20. The third kappa shape index (κ3) is 43.8. The van der Waals surface area contributed by atoms with Crippen molar-refractivity contribution < 1.29 is 43.0 Å². The Morgan fingerprint density at radius 1 is 0.561 bits per heavy atom. The Morgan fingerprint density at radius 2 is 1.00 bits per heavy atom. The van der Waals surface area contributed by atoms with Gasteiger partial charge in [0, 0.05) is 13.0 Å². The van der Waals surface area contributed by atoms with Crippen molar-refractivity contribution in [2.45, 2.75) is 212 Å². The third-order valence-corrected chi connectivity index (χ3v) is 10.7. The molecule has 0 radical (unpaired) electrons. The number of esters is 1. The van der Waals surface area contributed by atoms with Crippen LogP contribution in [-0.2, 0) is 27.9 Å². The Labute approximate surface area is 349 Å². The van der Waals surface area contributed by atoms with Crippen LogP contribution in [0.1, 0.15) is 200 Å². The Kier molecular flexibility index (Phi) is 42.8. The summed E-state index contributed by atoms with van der Waals surface area (Å²) in [6.07, 6.45) is 49.2. The largest absolute Gasteiger partial charge is 0.472 e. The molecule has 0 amide bonds. The summed E-state index contributed by atoms with van der Waals surface area (Å²) >= 11 is 0. The predicted octanol–water partition coefficient (Wildman–Crippen LogP) is 13.0. The lowest BCUT2D eigenvalue weighted by molar-refractivity contribution is -0.154. The summed E-state index contributed by atoms with van der Waals surface area (Å²) in [5.74, 6) is -0.386. The number of carbonyl (C=O) groups excluding carboxylic acids is 1. The molecule has 334 valence electrons. The number of ether oxygens (including phenoxy) is 2. The van der Waals surface area contributed by atoms with Crippen LogP contribution in [0.15, 0.2) is 48.6 Å². The van der Waals surface area contributed by atoms with Crippen molar-refractivity contribution in [1.82, 2.24) is 0 Å². The summed E-state index contributed by atoms with van der Waals surface area (Å²) < 4.78 is 33.4. The molecule has 0 heterocycles. The first-order valence-electron chi connectivity index (χ1n) is 23.1. The molecule has 57 heavy (non-hydrogen) atoms. The van der Waals surface area contributed by atoms with Gasteiger partial charge in [0.2, 0.25) is 0 Å². The molecule has 0 rings (SSSR count). The lowest BCUT2D eigenvalue weighted by Crippen LogP contribution is -2.29. The topological polar surface area (TPSA) is 132 Å². The number of allylic oxidation sites excluding steroid dienone is 8. The van der Waals surface area contributed by atoms with E-state index in [1.807, 2.05) is 0 Å². The van der Waals surface area contributed by atoms with E-state index in [0.717, 1.165) is 70.6 Å². The minimum absolute atomic E-state index is 0.0493. The molecule has 9 nitrogen and oxygen atoms in total. The fourth-order valence-electron chi connectivity index (χ4n) is 6.29. The van der Waals surface area contributed by atoms with Crippen molar-refractivity contribution in [3.05, 3.63) is 48.6 Å². The van der Waals surface area contributed by atoms with E-state index in [1.54, 1.807) is 0 Å². The van der Waals surface area contributed by atoms with E-state index >= 15 is 0 Å². The zero-order valence-electron chi connectivity index (χ0n) is 36.6. The first-order valence-corrected chi connectivity index (χ1v) is 24.6. The summed E-state index contributed by atoms with van der Waals surface area (Å²) in [7, 11) is -4.52. The van der Waals surface area contributed by atoms with Crippen LogP contribution in [0.2, 0.25) is 0 Å². The predicted molar refractivity (Wildman–Crippen MR) is 237 cm³/mol. The monoisotopic (exact) mass is 827 g/mol. The highest BCUT2D eigenvalue weighted by Crippen LogP contribution is 2.43. The molecule has 10 heteroatoms. The van der Waals surface area contributed by atoms with E-state index in [-0.39, 0.29) is 25.6 Å². The molecule has 0 saturated carbocycles. The van der Waals surface area contributed by atoms with E-state index in [1.165, 1.54) is 109 Å². The van der Waals surface area contributed by atoms with Crippen LogP contribution >= 0.6 is 7.82 Å². The van der Waals surface area contributed by atoms with Gasteiger partial charge >= 0.3 is 13.8 Å². The summed E-state index contributed by atoms with van der Waals surface area (Å²) in [4.78, 5) is 22.6. The second kappa shape index (κ2) is 44.0. The molecule has 0 aromatic rings. The van der Waals surface area contributed by atoms with E-state index in [2.05, 4.69) is 62.5 Å². The van der Waals surface area contributed by atoms with Crippen molar-refractivity contribution >= 4 is 13.8 Å². The molecular formula is C47H87O9P. The van der Waals surface area contributed by atoms with Gasteiger partial charge in [0.25, 0.3) is 0 Å². The summed E-state index contributed by atoms with van der Waals surface area (Å²) in [6, 6.07) is 0. The van der Waals surface area contributed by atoms with E-state index in [4.69, 9.17) is 23.6 Å². The van der Waals surface area contributed by atoms with Crippen molar-refractivity contribution in [2.24, 2.45) is 0 Å². The first-order chi connectivity index (χ1) is 27.8. The van der Waals surface area contributed by atoms with Crippen LogP contribution in [0, 0.1) is 0 Å². The molecule has 0 aliphatic carbocycles. The molecule has 3 atom stereocenters. The molecule has 0 saturated heterocycles. The third-order valence-electron chi connectivity index (χ3n) is 9.78. The minimum atomic E-state index is -4.52. The molecule has 0 aromatic carbocycles. The number of hydrogen-bond acceptors (Lipinski definition) is 8. The molecular weight excluding hydrogens is 739 g/mol. The number of aliphatic hydroxyl groups is 2. The molecule has 0 spiro atoms. The van der Waals surface area contributed by atoms with Crippen LogP contribution in [-0.4, -0.2) is 66.3 Å². The Balaban J connectivity index is 4.09. The highest BCUT2D eigenvalue weighted by atomic mass is 31.2. The number of hydrogen-bond donors (Lipinski definition) is 3. The quantitative estimate of drug-likeness (QED) is 0.0238. The van der Waals surface area contributed by atoms with Gasteiger partial charge in [0.05, 0.1) is 26.4 Å². The average molecular weight is 827 g/mol. The Hall–Kier alpha value is -1.58. The summed E-state index contributed by atoms with van der Waals surface area (Å²) in [5.41, 5.74) is 0. The highest BCUT2D eigenvalue weighted by Gasteiger charge is 2.26. The van der Waals surface area contributed by atoms with Gasteiger partial charge in [0.15, 0.2) is 0 Å². The van der Waals surface area contributed by atoms with Gasteiger partial charge in [-0.3, -0.25) is 13.8 Å². The maximum atomic E-state index is 12.6. The van der Waals surface area contributed by atoms with Crippen molar-refractivity contribution in [3.8, 4) is 0 Å². The summed E-state index contributed by atoms with van der Waals surface area (Å²) in [5, 5.41) is 18.4. The number of aliphatic hydroxyl groups excluding tert-OH is 2. The van der Waals surface area contributed by atoms with Gasteiger partial charge in [-0.2, -0.15) is 0 Å². The van der Waals surface area contributed by atoms with Gasteiger partial charge < -0.3 is 24.6 Å². The van der Waals surface area contributed by atoms with Crippen molar-refractivity contribution in [2.75, 3.05) is 33.0 Å². The molecule has 0 aliphatic rings. The summed E-state index contributed by atoms with van der Waals surface area (Å²) in [6.45, 7) is 3.42. The maximum Gasteiger partial charge on any atom is 0.472 e. The molecule has 0 bridgehead atoms. The molecule has 3 N–H and O–H groups in total. The van der Waals surface area contributed by atoms with E-state index < -0.39 is 33.2 Å². The molecule has 0 aromatic heterocycles. The SMILES string of the molecule is CC/C=C\C/C=C\C/C=C\C/C=C\CCCCCCCCCCCCC(=O)OC(COCCCCCCCCCCCCCCC)COP(=O)(O)OCC(O)CO. The standard InChI is InChI=1S/C47H87O9P/c1-3-5-7-9-11-13-15-17-18-19-20-21-22-23-24-25-26-27-29-31-33-35-37-39-47(50)56-46(44-55-57(51,52)54-42-45(49)41-48)43-53-40-38-36-34-32-30-28-16-14-12-10-8-6-4-2/h5,7,11,13,17-18,20-21,45-46,48-49H,3-4,6,8-10,12,14-16,19,22-44H2,1-2H3,(H,51,52)/b7-5-,13-11-,18-17-,21-20-. The van der Waals surface area contributed by atoms with Gasteiger partial charge in [-0.15, -0.1) is 0 Å². The first kappa shape index (κ1) is 55.4. The van der Waals surface area contributed by atoms with Crippen molar-refractivity contribution in [1.29, 1.82) is 0 Å². The minimum Gasteiger partial charge on any atom is -0.457 e. The second-order valence-electron chi connectivity index (χ2n) is 15.4. The van der Waals surface area contributed by atoms with Gasteiger partial charge in [-0.25, -0.2) is 4.57 Å². The van der Waals surface area contributed by atoms with Crippen LogP contribution in [0.5, 0.6) is 0 Å². The van der Waals surface area contributed by atoms with E-state index in [0.29, 0.717) is 6.61 Å². The van der Waals surface area contributed by atoms with Crippen molar-refractivity contribution in [3.63, 3.8) is 0 Å². The molecule has 0 aliphatic heterocycles. The molecule has 3 unspecified atom stereocenters. The van der Waals surface area contributed by atoms with Gasteiger partial charge in [-0.1, -0.05) is 191 Å². The van der Waals surface area contributed by atoms with Crippen LogP contribution in [0.25, 0.3) is 0 Å². The number of rotatable bonds is 44. The number of phosphoric acid groups is 1. The second-order valence-corrected chi connectivity index (χ2v) is 16.9. The average Bonchev–Trinajstić information content (AvgIpc) is 3.20. The van der Waals surface area contributed by atoms with Gasteiger partial charge in [-0.05, 0) is 51.4 Å². The normalized spacial score (nSPS) is 14.4. The Bertz CT molecular complexity index is 1030. The Morgan fingerprint density at radius 3 is 1.51 bits per heavy atom. The zero-order chi connectivity index (χ0) is 41.8. The number of unbranched alkanes of at least 4 members (excludes halogenated alkanes) is 22. The smallest absolute Gasteiger partial charge is 0.457 e. The number of carbonyl (C=O) groups is 1. The van der Waals surface area contributed by atoms with E-state index in [9.17, 15) is 19.4 Å². The van der Waals surface area contributed by atoms with Gasteiger partial charge in [0.1, 0.15) is 12.2 Å². The maximum absolute atomic E-state index is 12.6. The fourth-order valence-corrected chi connectivity index (χ4v) is 7.08. The fraction of sp³-hybridized carbons (Fsp3) is 0.809. The van der Waals surface area contributed by atoms with Crippen LogP contribution in [0.3, 0.4) is 0 Å².